The zero-order chi connectivity index (χ0) is 14.6. The number of carbonyl (C=O) groups is 1. The summed E-state index contributed by atoms with van der Waals surface area (Å²) in [5.41, 5.74) is 5.62. The molecule has 1 heterocycles. The molecule has 3 N–H and O–H groups in total. The molecular weight excluding hydrogens is 238 g/mol. The molecule has 0 aliphatic carbocycles. The predicted octanol–water partition coefficient (Wildman–Crippen LogP) is 1.45. The smallest absolute Gasteiger partial charge is 0.231 e. The van der Waals surface area contributed by atoms with Gasteiger partial charge in [-0.3, -0.25) is 9.69 Å². The molecule has 0 bridgehead atoms. The van der Waals surface area contributed by atoms with Crippen molar-refractivity contribution in [1.82, 2.24) is 10.2 Å². The fraction of sp³-hybridized carbons (Fsp3) is 0.933. The van der Waals surface area contributed by atoms with Crippen molar-refractivity contribution in [3.63, 3.8) is 0 Å². The van der Waals surface area contributed by atoms with E-state index < -0.39 is 0 Å². The van der Waals surface area contributed by atoms with E-state index >= 15 is 0 Å². The fourth-order valence-electron chi connectivity index (χ4n) is 2.66. The maximum atomic E-state index is 11.1. The van der Waals surface area contributed by atoms with Gasteiger partial charge in [0.15, 0.2) is 0 Å². The Balaban J connectivity index is 2.57. The number of piperidine rings is 1. The van der Waals surface area contributed by atoms with Crippen molar-refractivity contribution < 1.29 is 4.79 Å². The van der Waals surface area contributed by atoms with Crippen LogP contribution in [0.15, 0.2) is 0 Å². The van der Waals surface area contributed by atoms with Crippen molar-refractivity contribution in [3.8, 4) is 0 Å². The van der Waals surface area contributed by atoms with Crippen LogP contribution in [-0.4, -0.2) is 43.0 Å². The van der Waals surface area contributed by atoms with Gasteiger partial charge in [-0.1, -0.05) is 34.6 Å². The molecule has 1 saturated heterocycles. The highest BCUT2D eigenvalue weighted by atomic mass is 16.1. The van der Waals surface area contributed by atoms with Gasteiger partial charge in [0, 0.05) is 25.7 Å². The number of nitrogens with zero attached hydrogens (tertiary/aromatic N) is 1. The molecule has 0 radical (unpaired) electrons. The van der Waals surface area contributed by atoms with Crippen molar-refractivity contribution in [2.45, 2.75) is 47.1 Å². The van der Waals surface area contributed by atoms with Crippen molar-refractivity contribution in [3.05, 3.63) is 0 Å². The first kappa shape index (κ1) is 16.4. The Labute approximate surface area is 118 Å². The molecule has 0 aromatic carbocycles. The van der Waals surface area contributed by atoms with Gasteiger partial charge in [0.1, 0.15) is 0 Å². The van der Waals surface area contributed by atoms with E-state index in [-0.39, 0.29) is 5.91 Å². The van der Waals surface area contributed by atoms with Crippen LogP contribution in [0.25, 0.3) is 0 Å². The third kappa shape index (κ3) is 6.39. The average molecular weight is 269 g/mol. The summed E-state index contributed by atoms with van der Waals surface area (Å²) in [5.74, 6) is 1.07. The van der Waals surface area contributed by atoms with Crippen LogP contribution in [0.1, 0.15) is 41.0 Å². The maximum Gasteiger partial charge on any atom is 0.231 e. The molecule has 1 rings (SSSR count). The van der Waals surface area contributed by atoms with Crippen LogP contribution in [0.5, 0.6) is 0 Å². The SMILES string of the molecule is CC(C)C1CC(NCC(C)(C)C)CN(CC(N)=O)C1. The number of carbonyl (C=O) groups excluding carboxylic acids is 1. The van der Waals surface area contributed by atoms with Crippen molar-refractivity contribution in [1.29, 1.82) is 0 Å². The summed E-state index contributed by atoms with van der Waals surface area (Å²) in [4.78, 5) is 13.3. The lowest BCUT2D eigenvalue weighted by Crippen LogP contribution is -2.53. The summed E-state index contributed by atoms with van der Waals surface area (Å²) in [6.07, 6.45) is 1.20. The van der Waals surface area contributed by atoms with Gasteiger partial charge in [0.2, 0.25) is 5.91 Å². The molecule has 19 heavy (non-hydrogen) atoms. The minimum absolute atomic E-state index is 0.223. The molecule has 1 fully saturated rings. The molecule has 0 saturated carbocycles. The topological polar surface area (TPSA) is 58.4 Å². The quantitative estimate of drug-likeness (QED) is 0.794. The second-order valence-corrected chi connectivity index (χ2v) is 7.54. The van der Waals surface area contributed by atoms with E-state index in [1.54, 1.807) is 0 Å². The summed E-state index contributed by atoms with van der Waals surface area (Å²) in [6.45, 7) is 14.6. The molecule has 112 valence electrons. The highest BCUT2D eigenvalue weighted by molar-refractivity contribution is 5.75. The lowest BCUT2D eigenvalue weighted by Gasteiger charge is -2.40. The van der Waals surface area contributed by atoms with Crippen LogP contribution in [0, 0.1) is 17.3 Å². The summed E-state index contributed by atoms with van der Waals surface area (Å²) in [6, 6.07) is 0.472. The van der Waals surface area contributed by atoms with Gasteiger partial charge in [-0.05, 0) is 23.7 Å². The van der Waals surface area contributed by atoms with Gasteiger partial charge in [-0.25, -0.2) is 0 Å². The van der Waals surface area contributed by atoms with Gasteiger partial charge in [0.05, 0.1) is 6.54 Å². The van der Waals surface area contributed by atoms with Crippen LogP contribution in [-0.2, 0) is 4.79 Å². The lowest BCUT2D eigenvalue weighted by atomic mass is 9.85. The summed E-state index contributed by atoms with van der Waals surface area (Å²) in [5, 5.41) is 3.66. The van der Waals surface area contributed by atoms with E-state index in [9.17, 15) is 4.79 Å². The Morgan fingerprint density at radius 2 is 2.00 bits per heavy atom. The first-order valence-electron chi connectivity index (χ1n) is 7.41. The van der Waals surface area contributed by atoms with Gasteiger partial charge < -0.3 is 11.1 Å². The van der Waals surface area contributed by atoms with Crippen molar-refractivity contribution in [2.24, 2.45) is 23.0 Å². The number of primary amides is 1. The van der Waals surface area contributed by atoms with Crippen LogP contribution < -0.4 is 11.1 Å². The Morgan fingerprint density at radius 1 is 1.37 bits per heavy atom. The lowest BCUT2D eigenvalue weighted by molar-refractivity contribution is -0.119. The Hall–Kier alpha value is -0.610. The van der Waals surface area contributed by atoms with E-state index in [1.165, 1.54) is 6.42 Å². The Morgan fingerprint density at radius 3 is 2.47 bits per heavy atom. The van der Waals surface area contributed by atoms with Crippen LogP contribution in [0.3, 0.4) is 0 Å². The minimum atomic E-state index is -0.223. The number of hydrogen-bond acceptors (Lipinski definition) is 3. The summed E-state index contributed by atoms with van der Waals surface area (Å²) >= 11 is 0. The van der Waals surface area contributed by atoms with E-state index in [0.717, 1.165) is 19.6 Å². The second-order valence-electron chi connectivity index (χ2n) is 7.54. The van der Waals surface area contributed by atoms with Gasteiger partial charge in [-0.15, -0.1) is 0 Å². The molecule has 1 aliphatic heterocycles. The second kappa shape index (κ2) is 6.71. The molecule has 1 aliphatic rings. The number of hydrogen-bond donors (Lipinski definition) is 2. The number of likely N-dealkylation sites (tertiary alicyclic amines) is 1. The first-order chi connectivity index (χ1) is 8.67. The zero-order valence-corrected chi connectivity index (χ0v) is 13.2. The molecule has 2 unspecified atom stereocenters. The summed E-state index contributed by atoms with van der Waals surface area (Å²) in [7, 11) is 0. The van der Waals surface area contributed by atoms with E-state index in [4.69, 9.17) is 5.73 Å². The molecule has 4 nitrogen and oxygen atoms in total. The Bertz CT molecular complexity index is 296. The van der Waals surface area contributed by atoms with E-state index in [2.05, 4.69) is 44.8 Å². The predicted molar refractivity (Wildman–Crippen MR) is 79.8 cm³/mol. The van der Waals surface area contributed by atoms with Crippen LogP contribution in [0.2, 0.25) is 0 Å². The first-order valence-corrected chi connectivity index (χ1v) is 7.41. The molecule has 0 aromatic heterocycles. The summed E-state index contributed by atoms with van der Waals surface area (Å²) < 4.78 is 0. The maximum absolute atomic E-state index is 11.1. The Kier molecular flexibility index (Phi) is 5.81. The van der Waals surface area contributed by atoms with E-state index in [1.807, 2.05) is 0 Å². The molecule has 1 amide bonds. The molecule has 2 atom stereocenters. The monoisotopic (exact) mass is 269 g/mol. The van der Waals surface area contributed by atoms with Crippen LogP contribution >= 0.6 is 0 Å². The molecule has 0 aromatic rings. The average Bonchev–Trinajstić information content (AvgIpc) is 2.24. The third-order valence-electron chi connectivity index (χ3n) is 3.80. The molecule has 4 heteroatoms. The normalized spacial score (nSPS) is 25.8. The number of nitrogens with two attached hydrogens (primary N) is 1. The largest absolute Gasteiger partial charge is 0.369 e. The molecular formula is C15H31N3O. The van der Waals surface area contributed by atoms with Gasteiger partial charge >= 0.3 is 0 Å². The number of rotatable bonds is 5. The third-order valence-corrected chi connectivity index (χ3v) is 3.80. The number of amides is 1. The van der Waals surface area contributed by atoms with Crippen molar-refractivity contribution >= 4 is 5.91 Å². The van der Waals surface area contributed by atoms with Crippen LogP contribution in [0.4, 0.5) is 0 Å². The zero-order valence-electron chi connectivity index (χ0n) is 13.2. The van der Waals surface area contributed by atoms with Crippen molar-refractivity contribution in [2.75, 3.05) is 26.2 Å². The highest BCUT2D eigenvalue weighted by Gasteiger charge is 2.29. The minimum Gasteiger partial charge on any atom is -0.369 e. The van der Waals surface area contributed by atoms with Gasteiger partial charge in [-0.2, -0.15) is 0 Å². The van der Waals surface area contributed by atoms with Gasteiger partial charge in [0.25, 0.3) is 0 Å². The van der Waals surface area contributed by atoms with E-state index in [0.29, 0.717) is 29.8 Å². The number of nitrogens with one attached hydrogen (secondary N) is 1. The highest BCUT2D eigenvalue weighted by Crippen LogP contribution is 2.24. The standard InChI is InChI=1S/C15H31N3O/c1-11(2)12-6-13(17-10-15(3,4)5)8-18(7-12)9-14(16)19/h11-13,17H,6-10H2,1-5H3,(H2,16,19). The fourth-order valence-corrected chi connectivity index (χ4v) is 2.66. The molecule has 0 spiro atoms.